The van der Waals surface area contributed by atoms with Gasteiger partial charge < -0.3 is 9.47 Å². The summed E-state index contributed by atoms with van der Waals surface area (Å²) >= 11 is 0. The standard InChI is InChI=1S/C16H27N3O3S/c1-5-7-10-19-13(4)12(3)17-16(19)23(21,22)11-15(20)18(6-2)14-8-9-14/h14H,5-11H2,1-4H3. The first-order chi connectivity index (χ1) is 10.8. The Balaban J connectivity index is 2.25. The average Bonchev–Trinajstić information content (AvgIpc) is 3.26. The number of aryl methyl sites for hydroxylation is 1. The van der Waals surface area contributed by atoms with Crippen molar-refractivity contribution in [2.24, 2.45) is 0 Å². The topological polar surface area (TPSA) is 72.3 Å². The Morgan fingerprint density at radius 3 is 2.48 bits per heavy atom. The van der Waals surface area contributed by atoms with Crippen LogP contribution in [0, 0.1) is 13.8 Å². The van der Waals surface area contributed by atoms with Gasteiger partial charge in [-0.3, -0.25) is 4.79 Å². The fourth-order valence-electron chi connectivity index (χ4n) is 2.77. The molecule has 0 unspecified atom stereocenters. The molecule has 0 N–H and O–H groups in total. The van der Waals surface area contributed by atoms with Gasteiger partial charge in [-0.25, -0.2) is 13.4 Å². The molecule has 6 nitrogen and oxygen atoms in total. The van der Waals surface area contributed by atoms with Gasteiger partial charge in [-0.1, -0.05) is 13.3 Å². The van der Waals surface area contributed by atoms with Gasteiger partial charge in [0.2, 0.25) is 20.9 Å². The highest BCUT2D eigenvalue weighted by atomic mass is 32.2. The second kappa shape index (κ2) is 7.03. The summed E-state index contributed by atoms with van der Waals surface area (Å²) in [5.41, 5.74) is 1.57. The monoisotopic (exact) mass is 341 g/mol. The fraction of sp³-hybridized carbons (Fsp3) is 0.750. The summed E-state index contributed by atoms with van der Waals surface area (Å²) in [5, 5.41) is 0.0427. The quantitative estimate of drug-likeness (QED) is 0.726. The molecule has 1 heterocycles. The minimum absolute atomic E-state index is 0.0427. The number of carbonyl (C=O) groups is 1. The number of hydrogen-bond donors (Lipinski definition) is 0. The first-order valence-corrected chi connectivity index (χ1v) is 10.0. The Morgan fingerprint density at radius 1 is 1.30 bits per heavy atom. The first-order valence-electron chi connectivity index (χ1n) is 8.37. The summed E-state index contributed by atoms with van der Waals surface area (Å²) in [7, 11) is -3.72. The minimum Gasteiger partial charge on any atom is -0.339 e. The van der Waals surface area contributed by atoms with E-state index in [4.69, 9.17) is 0 Å². The smallest absolute Gasteiger partial charge is 0.238 e. The van der Waals surface area contributed by atoms with Crippen LogP contribution in [0.3, 0.4) is 0 Å². The second-order valence-electron chi connectivity index (χ2n) is 6.24. The molecule has 2 rings (SSSR count). The third-order valence-electron chi connectivity index (χ3n) is 4.40. The van der Waals surface area contributed by atoms with Crippen molar-refractivity contribution < 1.29 is 13.2 Å². The van der Waals surface area contributed by atoms with E-state index in [9.17, 15) is 13.2 Å². The van der Waals surface area contributed by atoms with Gasteiger partial charge in [0.1, 0.15) is 5.75 Å². The predicted octanol–water partition coefficient (Wildman–Crippen LogP) is 2.08. The number of rotatable bonds is 8. The van der Waals surface area contributed by atoms with E-state index >= 15 is 0 Å². The van der Waals surface area contributed by atoms with Crippen molar-refractivity contribution in [3.8, 4) is 0 Å². The lowest BCUT2D eigenvalue weighted by Crippen LogP contribution is -2.37. The van der Waals surface area contributed by atoms with Gasteiger partial charge in [-0.15, -0.1) is 0 Å². The molecule has 0 aromatic carbocycles. The van der Waals surface area contributed by atoms with E-state index in [1.165, 1.54) is 0 Å². The van der Waals surface area contributed by atoms with E-state index < -0.39 is 15.6 Å². The number of amides is 1. The van der Waals surface area contributed by atoms with Crippen LogP contribution in [0.4, 0.5) is 0 Å². The zero-order valence-corrected chi connectivity index (χ0v) is 15.3. The van der Waals surface area contributed by atoms with Crippen molar-refractivity contribution in [1.29, 1.82) is 0 Å². The van der Waals surface area contributed by atoms with Gasteiger partial charge in [0.25, 0.3) is 0 Å². The zero-order chi connectivity index (χ0) is 17.2. The molecular weight excluding hydrogens is 314 g/mol. The fourth-order valence-corrected chi connectivity index (χ4v) is 4.23. The number of nitrogens with zero attached hydrogens (tertiary/aromatic N) is 3. The van der Waals surface area contributed by atoms with Gasteiger partial charge in [-0.2, -0.15) is 0 Å². The number of aromatic nitrogens is 2. The highest BCUT2D eigenvalue weighted by Gasteiger charge is 2.35. The molecule has 0 saturated heterocycles. The van der Waals surface area contributed by atoms with Crippen LogP contribution in [0.2, 0.25) is 0 Å². The van der Waals surface area contributed by atoms with E-state index in [1.807, 2.05) is 13.8 Å². The van der Waals surface area contributed by atoms with Gasteiger partial charge in [-0.05, 0) is 40.0 Å². The summed E-state index contributed by atoms with van der Waals surface area (Å²) in [6.07, 6.45) is 3.81. The van der Waals surface area contributed by atoms with Crippen molar-refractivity contribution in [2.75, 3.05) is 12.3 Å². The number of imidazole rings is 1. The largest absolute Gasteiger partial charge is 0.339 e. The maximum Gasteiger partial charge on any atom is 0.238 e. The van der Waals surface area contributed by atoms with Crippen molar-refractivity contribution >= 4 is 15.7 Å². The average molecular weight is 341 g/mol. The summed E-state index contributed by atoms with van der Waals surface area (Å²) < 4.78 is 27.2. The maximum atomic E-state index is 12.7. The van der Waals surface area contributed by atoms with E-state index in [2.05, 4.69) is 11.9 Å². The van der Waals surface area contributed by atoms with Gasteiger partial charge in [0.15, 0.2) is 0 Å². The normalized spacial score (nSPS) is 15.0. The third-order valence-corrected chi connectivity index (χ3v) is 5.89. The summed E-state index contributed by atoms with van der Waals surface area (Å²) in [6, 6.07) is 0.228. The Labute approximate surface area is 138 Å². The molecule has 130 valence electrons. The number of unbranched alkanes of at least 4 members (excludes halogenated alkanes) is 1. The van der Waals surface area contributed by atoms with E-state index in [0.717, 1.165) is 31.4 Å². The van der Waals surface area contributed by atoms with E-state index in [0.29, 0.717) is 18.8 Å². The predicted molar refractivity (Wildman–Crippen MR) is 89.1 cm³/mol. The van der Waals surface area contributed by atoms with Crippen LogP contribution >= 0.6 is 0 Å². The van der Waals surface area contributed by atoms with E-state index in [1.54, 1.807) is 16.4 Å². The molecule has 1 fully saturated rings. The van der Waals surface area contributed by atoms with Gasteiger partial charge in [0.05, 0.1) is 5.69 Å². The number of sulfone groups is 1. The lowest BCUT2D eigenvalue weighted by atomic mass is 10.3. The van der Waals surface area contributed by atoms with Crippen LogP contribution in [0.5, 0.6) is 0 Å². The van der Waals surface area contributed by atoms with Crippen LogP contribution in [0.1, 0.15) is 50.9 Å². The Bertz CT molecular complexity index is 675. The van der Waals surface area contributed by atoms with Crippen molar-refractivity contribution in [1.82, 2.24) is 14.5 Å². The van der Waals surface area contributed by atoms with Crippen LogP contribution in [-0.2, 0) is 21.2 Å². The lowest BCUT2D eigenvalue weighted by molar-refractivity contribution is -0.128. The Kier molecular flexibility index (Phi) is 5.49. The molecule has 0 aliphatic heterocycles. The molecule has 0 bridgehead atoms. The summed E-state index contributed by atoms with van der Waals surface area (Å²) in [6.45, 7) is 8.81. The number of hydrogen-bond acceptors (Lipinski definition) is 4. The SMILES string of the molecule is CCCCn1c(S(=O)(=O)CC(=O)N(CC)C2CC2)nc(C)c1C. The highest BCUT2D eigenvalue weighted by molar-refractivity contribution is 7.92. The first kappa shape index (κ1) is 18.0. The Morgan fingerprint density at radius 2 is 1.96 bits per heavy atom. The third kappa shape index (κ3) is 3.94. The van der Waals surface area contributed by atoms with Crippen molar-refractivity contribution in [3.05, 3.63) is 11.4 Å². The molecule has 7 heteroatoms. The molecule has 1 amide bonds. The van der Waals surface area contributed by atoms with E-state index in [-0.39, 0.29) is 17.1 Å². The van der Waals surface area contributed by atoms with Crippen LogP contribution in [0.15, 0.2) is 5.16 Å². The van der Waals surface area contributed by atoms with Gasteiger partial charge in [0, 0.05) is 24.8 Å². The minimum atomic E-state index is -3.72. The molecule has 1 aromatic heterocycles. The lowest BCUT2D eigenvalue weighted by Gasteiger charge is -2.20. The molecule has 0 spiro atoms. The zero-order valence-electron chi connectivity index (χ0n) is 14.5. The molecule has 0 atom stereocenters. The highest BCUT2D eigenvalue weighted by Crippen LogP contribution is 2.27. The van der Waals surface area contributed by atoms with Crippen LogP contribution in [-0.4, -0.2) is 47.1 Å². The maximum absolute atomic E-state index is 12.7. The molecule has 1 aliphatic rings. The molecule has 0 radical (unpaired) electrons. The molecule has 23 heavy (non-hydrogen) atoms. The van der Waals surface area contributed by atoms with Crippen LogP contribution in [0.25, 0.3) is 0 Å². The van der Waals surface area contributed by atoms with Crippen molar-refractivity contribution in [2.45, 2.75) is 71.1 Å². The second-order valence-corrected chi connectivity index (χ2v) is 8.12. The summed E-state index contributed by atoms with van der Waals surface area (Å²) in [4.78, 5) is 18.3. The number of carbonyl (C=O) groups excluding carboxylic acids is 1. The molecule has 1 saturated carbocycles. The molecule has 1 aliphatic carbocycles. The summed E-state index contributed by atoms with van der Waals surface area (Å²) in [5.74, 6) is -0.797. The van der Waals surface area contributed by atoms with Gasteiger partial charge >= 0.3 is 0 Å². The van der Waals surface area contributed by atoms with Crippen LogP contribution < -0.4 is 0 Å². The Hall–Kier alpha value is -1.37. The molecular formula is C16H27N3O3S. The van der Waals surface area contributed by atoms with Crippen molar-refractivity contribution in [3.63, 3.8) is 0 Å². The molecule has 1 aromatic rings.